The van der Waals surface area contributed by atoms with Gasteiger partial charge in [0.1, 0.15) is 0 Å². The van der Waals surface area contributed by atoms with E-state index in [4.69, 9.17) is 0 Å². The van der Waals surface area contributed by atoms with Crippen LogP contribution in [0.1, 0.15) is 0 Å². The van der Waals surface area contributed by atoms with E-state index in [9.17, 15) is 4.79 Å². The van der Waals surface area contributed by atoms with Crippen LogP contribution in [0.2, 0.25) is 0 Å². The lowest BCUT2D eigenvalue weighted by Crippen LogP contribution is -2.19. The number of halogens is 1. The van der Waals surface area contributed by atoms with Crippen LogP contribution < -0.4 is 5.32 Å². The average molecular weight is 190 g/mol. The van der Waals surface area contributed by atoms with Gasteiger partial charge in [0.2, 0.25) is 0 Å². The van der Waals surface area contributed by atoms with E-state index in [1.807, 2.05) is 0 Å². The van der Waals surface area contributed by atoms with E-state index >= 15 is 0 Å². The van der Waals surface area contributed by atoms with E-state index in [0.717, 1.165) is 0 Å². The summed E-state index contributed by atoms with van der Waals surface area (Å²) in [6, 6.07) is 0. The Balaban J connectivity index is 4.05. The van der Waals surface area contributed by atoms with Crippen molar-refractivity contribution in [1.82, 2.24) is 5.32 Å². The molecule has 3 heteroatoms. The van der Waals surface area contributed by atoms with Gasteiger partial charge in [-0.2, -0.15) is 0 Å². The molecule has 0 bridgehead atoms. The predicted octanol–water partition coefficient (Wildman–Crippen LogP) is 1.20. The van der Waals surface area contributed by atoms with Crippen molar-refractivity contribution in [2.24, 2.45) is 0 Å². The maximum atomic E-state index is 10.7. The molecule has 0 aromatic heterocycles. The Morgan fingerprint density at radius 3 is 2.11 bits per heavy atom. The minimum atomic E-state index is -0.211. The first kappa shape index (κ1) is 8.43. The van der Waals surface area contributed by atoms with Gasteiger partial charge >= 0.3 is 0 Å². The maximum absolute atomic E-state index is 10.7. The van der Waals surface area contributed by atoms with Crippen LogP contribution in [0.3, 0.4) is 0 Å². The second kappa shape index (κ2) is 3.45. The Bertz CT molecular complexity index is 162. The molecule has 0 radical (unpaired) electrons. The third-order valence-corrected chi connectivity index (χ3v) is 1.31. The monoisotopic (exact) mass is 189 g/mol. The van der Waals surface area contributed by atoms with Crippen LogP contribution >= 0.6 is 15.9 Å². The van der Waals surface area contributed by atoms with Gasteiger partial charge in [-0.1, -0.05) is 29.1 Å². The van der Waals surface area contributed by atoms with E-state index in [1.54, 1.807) is 7.05 Å². The van der Waals surface area contributed by atoms with Crippen molar-refractivity contribution in [2.45, 2.75) is 0 Å². The largest absolute Gasteiger partial charge is 0.355 e. The van der Waals surface area contributed by atoms with Crippen molar-refractivity contribution in [2.75, 3.05) is 7.05 Å². The SMILES string of the molecule is C=C(Br)C(=C)C(=O)NC. The molecule has 0 atom stereocenters. The summed E-state index contributed by atoms with van der Waals surface area (Å²) < 4.78 is 0.516. The summed E-state index contributed by atoms with van der Waals surface area (Å²) in [4.78, 5) is 10.7. The second-order valence-corrected chi connectivity index (χ2v) is 2.42. The van der Waals surface area contributed by atoms with Gasteiger partial charge in [-0.15, -0.1) is 0 Å². The lowest BCUT2D eigenvalue weighted by atomic mass is 10.3. The van der Waals surface area contributed by atoms with Crippen LogP contribution in [-0.2, 0) is 4.79 Å². The minimum Gasteiger partial charge on any atom is -0.355 e. The Hall–Kier alpha value is -0.570. The molecule has 0 unspecified atom stereocenters. The number of carbonyl (C=O) groups is 1. The number of hydrogen-bond donors (Lipinski definition) is 1. The normalized spacial score (nSPS) is 8.22. The average Bonchev–Trinajstić information content (AvgIpc) is 1.84. The number of rotatable bonds is 2. The van der Waals surface area contributed by atoms with Gasteiger partial charge in [0.15, 0.2) is 0 Å². The fourth-order valence-corrected chi connectivity index (χ4v) is 0.454. The predicted molar refractivity (Wildman–Crippen MR) is 41.3 cm³/mol. The van der Waals surface area contributed by atoms with Crippen LogP contribution in [-0.4, -0.2) is 13.0 Å². The quantitative estimate of drug-likeness (QED) is 0.514. The zero-order chi connectivity index (χ0) is 7.44. The summed E-state index contributed by atoms with van der Waals surface area (Å²) in [6.07, 6.45) is 0. The molecule has 0 saturated carbocycles. The fourth-order valence-electron chi connectivity index (χ4n) is 0.274. The van der Waals surface area contributed by atoms with Crippen LogP contribution in [0.5, 0.6) is 0 Å². The number of likely N-dealkylation sites (N-methyl/N-ethyl adjacent to an activating group) is 1. The van der Waals surface area contributed by atoms with Crippen LogP contribution in [0, 0.1) is 0 Å². The standard InChI is InChI=1S/C6H8BrNO/c1-4(5(2)7)6(9)8-3/h1-2H2,3H3,(H,8,9). The van der Waals surface area contributed by atoms with Crippen molar-refractivity contribution in [3.63, 3.8) is 0 Å². The van der Waals surface area contributed by atoms with Gasteiger partial charge in [0.05, 0.1) is 0 Å². The third kappa shape index (κ3) is 2.46. The minimum absolute atomic E-state index is 0.211. The van der Waals surface area contributed by atoms with Gasteiger partial charge < -0.3 is 5.32 Å². The summed E-state index contributed by atoms with van der Waals surface area (Å²) in [6.45, 7) is 6.95. The Kier molecular flexibility index (Phi) is 3.24. The zero-order valence-electron chi connectivity index (χ0n) is 5.20. The molecular weight excluding hydrogens is 182 g/mol. The first-order chi connectivity index (χ1) is 4.09. The molecule has 0 rings (SSSR count). The molecule has 0 fully saturated rings. The summed E-state index contributed by atoms with van der Waals surface area (Å²) in [5.74, 6) is -0.211. The highest BCUT2D eigenvalue weighted by molar-refractivity contribution is 9.12. The fraction of sp³-hybridized carbons (Fsp3) is 0.167. The number of amides is 1. The molecule has 50 valence electrons. The molecule has 0 aromatic carbocycles. The van der Waals surface area contributed by atoms with Crippen molar-refractivity contribution >= 4 is 21.8 Å². The highest BCUT2D eigenvalue weighted by atomic mass is 79.9. The van der Waals surface area contributed by atoms with Crippen LogP contribution in [0.15, 0.2) is 23.2 Å². The molecule has 1 amide bonds. The molecule has 1 N–H and O–H groups in total. The molecule has 9 heavy (non-hydrogen) atoms. The summed E-state index contributed by atoms with van der Waals surface area (Å²) >= 11 is 3.03. The van der Waals surface area contributed by atoms with Crippen molar-refractivity contribution in [3.05, 3.63) is 23.2 Å². The van der Waals surface area contributed by atoms with E-state index in [-0.39, 0.29) is 5.91 Å². The molecule has 0 aromatic rings. The molecule has 0 aliphatic heterocycles. The third-order valence-electron chi connectivity index (χ3n) is 0.829. The Labute approximate surface area is 62.8 Å². The number of nitrogens with one attached hydrogen (secondary N) is 1. The second-order valence-electron chi connectivity index (χ2n) is 1.46. The van der Waals surface area contributed by atoms with E-state index in [2.05, 4.69) is 34.4 Å². The number of carbonyl (C=O) groups excluding carboxylic acids is 1. The van der Waals surface area contributed by atoms with Crippen molar-refractivity contribution in [1.29, 1.82) is 0 Å². The molecular formula is C6H8BrNO. The zero-order valence-corrected chi connectivity index (χ0v) is 6.79. The topological polar surface area (TPSA) is 29.1 Å². The molecule has 0 aliphatic rings. The van der Waals surface area contributed by atoms with Crippen molar-refractivity contribution in [3.8, 4) is 0 Å². The molecule has 0 heterocycles. The molecule has 0 saturated heterocycles. The van der Waals surface area contributed by atoms with Crippen molar-refractivity contribution < 1.29 is 4.79 Å². The molecule has 0 spiro atoms. The Morgan fingerprint density at radius 1 is 1.56 bits per heavy atom. The lowest BCUT2D eigenvalue weighted by Gasteiger charge is -1.98. The van der Waals surface area contributed by atoms with Gasteiger partial charge in [-0.25, -0.2) is 0 Å². The maximum Gasteiger partial charge on any atom is 0.251 e. The number of hydrogen-bond acceptors (Lipinski definition) is 1. The highest BCUT2D eigenvalue weighted by Gasteiger charge is 2.03. The smallest absolute Gasteiger partial charge is 0.251 e. The molecule has 2 nitrogen and oxygen atoms in total. The first-order valence-corrected chi connectivity index (χ1v) is 3.14. The van der Waals surface area contributed by atoms with Crippen LogP contribution in [0.25, 0.3) is 0 Å². The van der Waals surface area contributed by atoms with Gasteiger partial charge in [0, 0.05) is 17.1 Å². The van der Waals surface area contributed by atoms with Gasteiger partial charge in [0.25, 0.3) is 5.91 Å². The Morgan fingerprint density at radius 2 is 2.00 bits per heavy atom. The summed E-state index contributed by atoms with van der Waals surface area (Å²) in [7, 11) is 1.55. The van der Waals surface area contributed by atoms with Gasteiger partial charge in [-0.3, -0.25) is 4.79 Å². The van der Waals surface area contributed by atoms with E-state index in [1.165, 1.54) is 0 Å². The lowest BCUT2D eigenvalue weighted by molar-refractivity contribution is -0.116. The van der Waals surface area contributed by atoms with Crippen LogP contribution in [0.4, 0.5) is 0 Å². The van der Waals surface area contributed by atoms with Gasteiger partial charge in [-0.05, 0) is 0 Å². The first-order valence-electron chi connectivity index (χ1n) is 2.35. The summed E-state index contributed by atoms with van der Waals surface area (Å²) in [5, 5.41) is 2.42. The summed E-state index contributed by atoms with van der Waals surface area (Å²) in [5.41, 5.74) is 0.359. The van der Waals surface area contributed by atoms with E-state index in [0.29, 0.717) is 10.1 Å². The molecule has 0 aliphatic carbocycles. The van der Waals surface area contributed by atoms with E-state index < -0.39 is 0 Å². The highest BCUT2D eigenvalue weighted by Crippen LogP contribution is 2.11.